The maximum absolute atomic E-state index is 12.3. The van der Waals surface area contributed by atoms with Crippen molar-refractivity contribution >= 4 is 5.97 Å². The Bertz CT molecular complexity index is 419. The summed E-state index contributed by atoms with van der Waals surface area (Å²) in [6.07, 6.45) is -10.4. The summed E-state index contributed by atoms with van der Waals surface area (Å²) >= 11 is 0. The zero-order chi connectivity index (χ0) is 13.4. The van der Waals surface area contributed by atoms with Crippen molar-refractivity contribution in [2.24, 2.45) is 0 Å². The van der Waals surface area contributed by atoms with Gasteiger partial charge in [0.25, 0.3) is 0 Å². The van der Waals surface area contributed by atoms with E-state index in [0.717, 1.165) is 0 Å². The molecule has 0 atom stereocenters. The second-order valence-corrected chi connectivity index (χ2v) is 3.01. The van der Waals surface area contributed by atoms with Crippen LogP contribution >= 0.6 is 0 Å². The summed E-state index contributed by atoms with van der Waals surface area (Å²) in [7, 11) is 0. The van der Waals surface area contributed by atoms with Gasteiger partial charge >= 0.3 is 29.4 Å². The first kappa shape index (κ1) is 16.8. The third kappa shape index (κ3) is 3.39. The summed E-state index contributed by atoms with van der Waals surface area (Å²) < 4.78 is 73.9. The Balaban J connectivity index is 0.00000289. The molecule has 104 valence electrons. The molecule has 0 aromatic heterocycles. The van der Waals surface area contributed by atoms with E-state index < -0.39 is 35.0 Å². The van der Waals surface area contributed by atoms with Crippen molar-refractivity contribution in [3.63, 3.8) is 0 Å². The molecule has 0 unspecified atom stereocenters. The largest absolute Gasteiger partial charge is 1.00 e. The second-order valence-electron chi connectivity index (χ2n) is 3.01. The Morgan fingerprint density at radius 2 is 1.28 bits per heavy atom. The molecule has 18 heavy (non-hydrogen) atoms. The molecule has 0 saturated heterocycles. The molecule has 2 nitrogen and oxygen atoms in total. The van der Waals surface area contributed by atoms with Gasteiger partial charge in [-0.3, -0.25) is 0 Å². The van der Waals surface area contributed by atoms with Gasteiger partial charge in [0, 0.05) is 5.56 Å². The third-order valence-electron chi connectivity index (χ3n) is 1.88. The number of carboxylic acid groups (broad SMARTS) is 1. The number of carbonyl (C=O) groups is 1. The molecule has 0 spiro atoms. The van der Waals surface area contributed by atoms with Gasteiger partial charge in [0.1, 0.15) is 0 Å². The van der Waals surface area contributed by atoms with E-state index in [1.54, 1.807) is 0 Å². The smallest absolute Gasteiger partial charge is 0.545 e. The fourth-order valence-electron chi connectivity index (χ4n) is 1.24. The van der Waals surface area contributed by atoms with Crippen LogP contribution in [0.5, 0.6) is 0 Å². The first-order valence-corrected chi connectivity index (χ1v) is 4.04. The van der Waals surface area contributed by atoms with Crippen LogP contribution in [0.4, 0.5) is 26.3 Å². The van der Waals surface area contributed by atoms with Crippen LogP contribution < -0.4 is 5.11 Å². The Labute approximate surface area is 107 Å². The Morgan fingerprint density at radius 1 is 0.944 bits per heavy atom. The second kappa shape index (κ2) is 5.19. The predicted molar refractivity (Wildman–Crippen MR) is 40.8 cm³/mol. The molecule has 0 heterocycles. The monoisotopic (exact) mass is 320 g/mol. The molecule has 1 rings (SSSR count). The quantitative estimate of drug-likeness (QED) is 0.587. The van der Waals surface area contributed by atoms with Gasteiger partial charge < -0.3 is 9.90 Å². The number of aromatic carboxylic acids is 1. The van der Waals surface area contributed by atoms with E-state index >= 15 is 0 Å². The minimum absolute atomic E-state index is 0. The van der Waals surface area contributed by atoms with Crippen molar-refractivity contribution in [2.45, 2.75) is 12.4 Å². The molecule has 0 aliphatic heterocycles. The Hall–Kier alpha value is -1.21. The number of carboxylic acids is 1. The first-order chi connectivity index (χ1) is 7.55. The van der Waals surface area contributed by atoms with Crippen LogP contribution in [0.25, 0.3) is 0 Å². The van der Waals surface area contributed by atoms with Crippen molar-refractivity contribution in [3.8, 4) is 0 Å². The summed E-state index contributed by atoms with van der Waals surface area (Å²) in [6, 6.07) is 0.985. The van der Waals surface area contributed by atoms with Gasteiger partial charge in [0.05, 0.1) is 17.1 Å². The van der Waals surface area contributed by atoms with E-state index in [1.807, 2.05) is 0 Å². The zero-order valence-corrected chi connectivity index (χ0v) is 9.06. The minimum Gasteiger partial charge on any atom is -0.545 e. The standard InChI is InChI=1S/C9H4F6O2.Cu/c10-8(11,12)4-2-1-3-5(9(13,14)15)6(4)7(16)17;/h1-3H,(H,16,17);/q;+1/p-1. The summed E-state index contributed by atoms with van der Waals surface area (Å²) in [5.74, 6) is -2.52. The molecule has 0 N–H and O–H groups in total. The van der Waals surface area contributed by atoms with Crippen molar-refractivity contribution in [2.75, 3.05) is 0 Å². The van der Waals surface area contributed by atoms with Gasteiger partial charge in [-0.1, -0.05) is 6.07 Å². The first-order valence-electron chi connectivity index (χ1n) is 4.04. The molecule has 0 aliphatic carbocycles. The molecule has 0 saturated carbocycles. The number of hydrogen-bond acceptors (Lipinski definition) is 2. The maximum atomic E-state index is 12.3. The van der Waals surface area contributed by atoms with Gasteiger partial charge in [0.15, 0.2) is 0 Å². The molecule has 0 bridgehead atoms. The zero-order valence-electron chi connectivity index (χ0n) is 8.12. The van der Waals surface area contributed by atoms with E-state index in [4.69, 9.17) is 0 Å². The van der Waals surface area contributed by atoms with Gasteiger partial charge in [-0.15, -0.1) is 0 Å². The van der Waals surface area contributed by atoms with Crippen LogP contribution in [0.2, 0.25) is 0 Å². The molecule has 0 aliphatic rings. The summed E-state index contributed by atoms with van der Waals surface area (Å²) in [5, 5.41) is 10.4. The molecule has 0 radical (unpaired) electrons. The minimum atomic E-state index is -5.20. The van der Waals surface area contributed by atoms with Crippen LogP contribution in [0.1, 0.15) is 21.5 Å². The fraction of sp³-hybridized carbons (Fsp3) is 0.222. The predicted octanol–water partition coefficient (Wildman–Crippen LogP) is 2.09. The van der Waals surface area contributed by atoms with Crippen LogP contribution in [0.15, 0.2) is 18.2 Å². The normalized spacial score (nSPS) is 11.9. The number of benzene rings is 1. The third-order valence-corrected chi connectivity index (χ3v) is 1.88. The van der Waals surface area contributed by atoms with E-state index in [9.17, 15) is 36.2 Å². The average Bonchev–Trinajstić information content (AvgIpc) is 2.13. The van der Waals surface area contributed by atoms with Gasteiger partial charge in [-0.05, 0) is 12.1 Å². The molecular weight excluding hydrogens is 318 g/mol. The van der Waals surface area contributed by atoms with Crippen LogP contribution in [0.3, 0.4) is 0 Å². The molecule has 1 aromatic carbocycles. The summed E-state index contributed by atoms with van der Waals surface area (Å²) in [5.41, 5.74) is -5.66. The van der Waals surface area contributed by atoms with Crippen molar-refractivity contribution < 1.29 is 53.3 Å². The van der Waals surface area contributed by atoms with E-state index in [-0.39, 0.29) is 29.2 Å². The SMILES string of the molecule is O=C([O-])c1c(C(F)(F)F)cccc1C(F)(F)F.[Cu+]. The topological polar surface area (TPSA) is 40.1 Å². The Kier molecular flexibility index (Phi) is 4.84. The van der Waals surface area contributed by atoms with E-state index in [1.165, 1.54) is 0 Å². The van der Waals surface area contributed by atoms with Crippen molar-refractivity contribution in [1.82, 2.24) is 0 Å². The average molecular weight is 321 g/mol. The number of carbonyl (C=O) groups excluding carboxylic acids is 1. The van der Waals surface area contributed by atoms with Crippen LogP contribution in [0, 0.1) is 0 Å². The number of halogens is 6. The number of alkyl halides is 6. The van der Waals surface area contributed by atoms with Crippen LogP contribution in [-0.4, -0.2) is 5.97 Å². The van der Waals surface area contributed by atoms with Crippen molar-refractivity contribution in [3.05, 3.63) is 34.9 Å². The van der Waals surface area contributed by atoms with Crippen molar-refractivity contribution in [1.29, 1.82) is 0 Å². The van der Waals surface area contributed by atoms with Gasteiger partial charge in [-0.2, -0.15) is 26.3 Å². The number of rotatable bonds is 1. The van der Waals surface area contributed by atoms with Gasteiger partial charge in [0.2, 0.25) is 0 Å². The van der Waals surface area contributed by atoms with Crippen LogP contribution in [-0.2, 0) is 29.4 Å². The molecular formula is C9H3CuF6O2. The molecule has 1 aromatic rings. The molecule has 9 heteroatoms. The van der Waals surface area contributed by atoms with E-state index in [0.29, 0.717) is 6.07 Å². The summed E-state index contributed by atoms with van der Waals surface area (Å²) in [6.45, 7) is 0. The number of hydrogen-bond donors (Lipinski definition) is 0. The van der Waals surface area contributed by atoms with E-state index in [2.05, 4.69) is 0 Å². The summed E-state index contributed by atoms with van der Waals surface area (Å²) in [4.78, 5) is 10.4. The maximum Gasteiger partial charge on any atom is 1.00 e. The molecule has 0 fully saturated rings. The fourth-order valence-corrected chi connectivity index (χ4v) is 1.24. The van der Waals surface area contributed by atoms with Gasteiger partial charge in [-0.25, -0.2) is 0 Å². The molecule has 0 amide bonds. The Morgan fingerprint density at radius 3 is 1.50 bits per heavy atom.